The van der Waals surface area contributed by atoms with Crippen molar-refractivity contribution in [2.45, 2.75) is 45.3 Å². The minimum Gasteiger partial charge on any atom is -0.596 e. The Kier molecular flexibility index (Phi) is 8.97. The van der Waals surface area contributed by atoms with Crippen molar-refractivity contribution in [2.24, 2.45) is 0 Å². The van der Waals surface area contributed by atoms with Gasteiger partial charge in [0.05, 0.1) is 0 Å². The molecular formula is C12H20N3O7P. The van der Waals surface area contributed by atoms with Gasteiger partial charge in [0, 0.05) is 13.3 Å². The number of carboxylic acid groups (broad SMARTS) is 1. The third-order valence-corrected chi connectivity index (χ3v) is 3.40. The van der Waals surface area contributed by atoms with Crippen LogP contribution in [0.5, 0.6) is 0 Å². The van der Waals surface area contributed by atoms with Gasteiger partial charge in [-0.3, -0.25) is 19.2 Å². The zero-order valence-corrected chi connectivity index (χ0v) is 13.9. The molecule has 0 saturated carbocycles. The van der Waals surface area contributed by atoms with Crippen LogP contribution >= 0.6 is 8.03 Å². The van der Waals surface area contributed by atoms with E-state index in [1.165, 1.54) is 20.8 Å². The normalized spacial score (nSPS) is 14.9. The summed E-state index contributed by atoms with van der Waals surface area (Å²) < 4.78 is 10.6. The first-order valence-electron chi connectivity index (χ1n) is 6.77. The van der Waals surface area contributed by atoms with Crippen molar-refractivity contribution in [1.82, 2.24) is 16.0 Å². The molecule has 3 amide bonds. The first-order chi connectivity index (χ1) is 10.5. The standard InChI is InChI=1S/C12H20N3O7P/c1-6(10(17)14-7(2)12(19)20)13-11(18)9(15-8(3)16)4-5-23(21)22/h6-7,9H,4-5H2,1-3H3,(H,13,18)(H,14,17)(H,15,16)(H,19,20)/t6-,7-,9-/m0/s1. The zero-order chi connectivity index (χ0) is 18.2. The van der Waals surface area contributed by atoms with Gasteiger partial charge in [-0.15, -0.1) is 0 Å². The number of carboxylic acids is 1. The lowest BCUT2D eigenvalue weighted by molar-refractivity contribution is -0.164. The zero-order valence-electron chi connectivity index (χ0n) is 13.0. The molecule has 0 aromatic heterocycles. The maximum Gasteiger partial charge on any atom is 0.325 e. The van der Waals surface area contributed by atoms with Gasteiger partial charge >= 0.3 is 14.0 Å². The Labute approximate surface area is 133 Å². The summed E-state index contributed by atoms with van der Waals surface area (Å²) in [6.45, 7) is 3.77. The molecule has 0 fully saturated rings. The van der Waals surface area contributed by atoms with Crippen molar-refractivity contribution < 1.29 is 33.7 Å². The summed E-state index contributed by atoms with van der Waals surface area (Å²) in [6.07, 6.45) is -0.436. The second kappa shape index (κ2) is 9.86. The van der Waals surface area contributed by atoms with E-state index in [0.29, 0.717) is 0 Å². The van der Waals surface area contributed by atoms with Crippen molar-refractivity contribution >= 4 is 31.7 Å². The summed E-state index contributed by atoms with van der Waals surface area (Å²) in [4.78, 5) is 56.0. The molecule has 0 spiro atoms. The van der Waals surface area contributed by atoms with Crippen LogP contribution in [-0.4, -0.2) is 53.1 Å². The third-order valence-electron chi connectivity index (χ3n) is 2.78. The lowest BCUT2D eigenvalue weighted by atomic mass is 10.2. The molecule has 4 N–H and O–H groups in total. The highest BCUT2D eigenvalue weighted by Crippen LogP contribution is 2.10. The fraction of sp³-hybridized carbons (Fsp3) is 0.667. The first kappa shape index (κ1) is 20.9. The summed E-state index contributed by atoms with van der Waals surface area (Å²) in [6, 6.07) is -3.29. The number of carbonyl (C=O) groups excluding carboxylic acids is 3. The molecule has 0 aliphatic carbocycles. The van der Waals surface area contributed by atoms with E-state index in [1.54, 1.807) is 0 Å². The average Bonchev–Trinajstić information content (AvgIpc) is 2.42. The van der Waals surface area contributed by atoms with Crippen molar-refractivity contribution in [1.29, 1.82) is 0 Å². The fourth-order valence-corrected chi connectivity index (χ4v) is 2.00. The topological polar surface area (TPSA) is 165 Å². The van der Waals surface area contributed by atoms with Crippen LogP contribution in [0.15, 0.2) is 0 Å². The van der Waals surface area contributed by atoms with Crippen molar-refractivity contribution in [2.75, 3.05) is 6.16 Å². The van der Waals surface area contributed by atoms with Crippen LogP contribution in [0.1, 0.15) is 27.2 Å². The Morgan fingerprint density at radius 1 is 1.04 bits per heavy atom. The summed E-state index contributed by atoms with van der Waals surface area (Å²) >= 11 is 0. The van der Waals surface area contributed by atoms with E-state index < -0.39 is 49.8 Å². The molecule has 0 heterocycles. The van der Waals surface area contributed by atoms with E-state index in [4.69, 9.17) is 5.11 Å². The van der Waals surface area contributed by atoms with Crippen molar-refractivity contribution in [3.63, 3.8) is 0 Å². The van der Waals surface area contributed by atoms with Crippen molar-refractivity contribution in [3.8, 4) is 0 Å². The van der Waals surface area contributed by atoms with Crippen molar-refractivity contribution in [3.05, 3.63) is 0 Å². The second-order valence-electron chi connectivity index (χ2n) is 4.90. The van der Waals surface area contributed by atoms with E-state index in [1.807, 2.05) is 0 Å². The molecule has 0 saturated heterocycles. The molecule has 11 heteroatoms. The molecule has 0 aromatic rings. The molecule has 0 bridgehead atoms. The third kappa shape index (κ3) is 8.84. The van der Waals surface area contributed by atoms with Gasteiger partial charge in [-0.2, -0.15) is 0 Å². The summed E-state index contributed by atoms with van der Waals surface area (Å²) in [5.41, 5.74) is 0. The summed E-state index contributed by atoms with van der Waals surface area (Å²) in [5, 5.41) is 15.5. The number of rotatable bonds is 9. The molecule has 0 aromatic carbocycles. The van der Waals surface area contributed by atoms with E-state index in [9.17, 15) is 28.6 Å². The van der Waals surface area contributed by atoms with E-state index in [0.717, 1.165) is 0 Å². The lowest BCUT2D eigenvalue weighted by Gasteiger charge is -2.20. The molecule has 0 aliphatic heterocycles. The van der Waals surface area contributed by atoms with Crippen LogP contribution < -0.4 is 20.8 Å². The quantitative estimate of drug-likeness (QED) is 0.352. The molecule has 10 nitrogen and oxygen atoms in total. The number of nitrogens with one attached hydrogen (secondary N) is 3. The van der Waals surface area contributed by atoms with Crippen LogP contribution in [0.2, 0.25) is 0 Å². The lowest BCUT2D eigenvalue weighted by Crippen LogP contribution is -2.54. The largest absolute Gasteiger partial charge is 0.596 e. The van der Waals surface area contributed by atoms with Crippen LogP contribution in [0.25, 0.3) is 0 Å². The highest BCUT2D eigenvalue weighted by molar-refractivity contribution is 7.36. The minimum absolute atomic E-state index is 0.135. The van der Waals surface area contributed by atoms with Gasteiger partial charge in [0.15, 0.2) is 0 Å². The van der Waals surface area contributed by atoms with E-state index in [-0.39, 0.29) is 12.6 Å². The first-order valence-corrected chi connectivity index (χ1v) is 8.13. The Morgan fingerprint density at radius 2 is 1.57 bits per heavy atom. The van der Waals surface area contributed by atoms with Gasteiger partial charge in [0.25, 0.3) is 0 Å². The number of amides is 3. The highest BCUT2D eigenvalue weighted by atomic mass is 31.1. The number of aliphatic carboxylic acids is 1. The number of carbonyl (C=O) groups is 4. The Bertz CT molecular complexity index is 497. The SMILES string of the molecule is CC(=O)N[C@@H](CC[P+](=O)[O-])C(=O)N[C@@H](C)C(=O)N[C@@H](C)C(=O)O. The van der Waals surface area contributed by atoms with Gasteiger partial charge in [-0.05, 0) is 13.8 Å². The van der Waals surface area contributed by atoms with Crippen LogP contribution in [0, 0.1) is 0 Å². The molecular weight excluding hydrogens is 329 g/mol. The predicted molar refractivity (Wildman–Crippen MR) is 77.5 cm³/mol. The fourth-order valence-electron chi connectivity index (χ4n) is 1.53. The van der Waals surface area contributed by atoms with E-state index >= 15 is 0 Å². The monoisotopic (exact) mass is 349 g/mol. The smallest absolute Gasteiger partial charge is 0.325 e. The molecule has 23 heavy (non-hydrogen) atoms. The molecule has 0 radical (unpaired) electrons. The van der Waals surface area contributed by atoms with Crippen LogP contribution in [0.4, 0.5) is 0 Å². The van der Waals surface area contributed by atoms with E-state index in [2.05, 4.69) is 16.0 Å². The molecule has 4 atom stereocenters. The van der Waals surface area contributed by atoms with Crippen LogP contribution in [-0.2, 0) is 23.7 Å². The van der Waals surface area contributed by atoms with Gasteiger partial charge < -0.3 is 26.0 Å². The van der Waals surface area contributed by atoms with Gasteiger partial charge in [0.2, 0.25) is 17.7 Å². The summed E-state index contributed by atoms with van der Waals surface area (Å²) in [5.74, 6) is -3.21. The molecule has 0 aliphatic rings. The Morgan fingerprint density at radius 3 is 2.00 bits per heavy atom. The van der Waals surface area contributed by atoms with Gasteiger partial charge in [-0.25, -0.2) is 0 Å². The van der Waals surface area contributed by atoms with Crippen LogP contribution in [0.3, 0.4) is 0 Å². The Hall–Kier alpha value is -2.06. The Balaban J connectivity index is 4.69. The van der Waals surface area contributed by atoms with Gasteiger partial charge in [-0.1, -0.05) is 4.57 Å². The second-order valence-corrected chi connectivity index (χ2v) is 6.01. The number of hydrogen-bond donors (Lipinski definition) is 4. The average molecular weight is 349 g/mol. The molecule has 130 valence electrons. The number of hydrogen-bond acceptors (Lipinski definition) is 6. The maximum atomic E-state index is 12.0. The maximum absolute atomic E-state index is 12.0. The minimum atomic E-state index is -2.71. The van der Waals surface area contributed by atoms with Gasteiger partial charge in [0.1, 0.15) is 24.3 Å². The highest BCUT2D eigenvalue weighted by Gasteiger charge is 2.26. The molecule has 1 unspecified atom stereocenters. The molecule has 0 rings (SSSR count). The predicted octanol–water partition coefficient (Wildman–Crippen LogP) is -1.92. The summed E-state index contributed by atoms with van der Waals surface area (Å²) in [7, 11) is -2.71.